The number of thioether (sulfide) groups is 1. The first-order valence-corrected chi connectivity index (χ1v) is 7.50. The van der Waals surface area contributed by atoms with Crippen molar-refractivity contribution in [1.82, 2.24) is 0 Å². The summed E-state index contributed by atoms with van der Waals surface area (Å²) in [5.41, 5.74) is 0. The van der Waals surface area contributed by atoms with Gasteiger partial charge in [-0.1, -0.05) is 6.92 Å². The predicted molar refractivity (Wildman–Crippen MR) is 45.8 cm³/mol. The standard InChI is InChI=1S/C6H14OSSi/c1-5-8-6-7-9(2,3)4/h5H2,1-4H3. The van der Waals surface area contributed by atoms with Gasteiger partial charge in [0.1, 0.15) is 0 Å². The first-order valence-electron chi connectivity index (χ1n) is 3.11. The quantitative estimate of drug-likeness (QED) is 0.464. The van der Waals surface area contributed by atoms with E-state index in [1.54, 1.807) is 11.8 Å². The van der Waals surface area contributed by atoms with Crippen LogP contribution in [0.4, 0.5) is 0 Å². The van der Waals surface area contributed by atoms with Crippen LogP contribution in [0.1, 0.15) is 6.92 Å². The van der Waals surface area contributed by atoms with E-state index in [0.717, 1.165) is 5.75 Å². The molecule has 0 aliphatic heterocycles. The highest BCUT2D eigenvalue weighted by Gasteiger charge is 2.13. The van der Waals surface area contributed by atoms with Gasteiger partial charge in [-0.25, -0.2) is 0 Å². The van der Waals surface area contributed by atoms with Gasteiger partial charge in [0.15, 0.2) is 14.3 Å². The van der Waals surface area contributed by atoms with E-state index in [1.165, 1.54) is 0 Å². The summed E-state index contributed by atoms with van der Waals surface area (Å²) in [6.45, 7) is 8.54. The zero-order valence-corrected chi connectivity index (χ0v) is 8.34. The van der Waals surface area contributed by atoms with Crippen molar-refractivity contribution in [2.24, 2.45) is 0 Å². The minimum absolute atomic E-state index is 1.05. The topological polar surface area (TPSA) is 9.23 Å². The lowest BCUT2D eigenvalue weighted by atomic mass is 11.0. The Morgan fingerprint density at radius 3 is 2.33 bits per heavy atom. The summed E-state index contributed by atoms with van der Waals surface area (Å²) >= 11 is 1.60. The molecule has 0 atom stereocenters. The molecule has 0 bridgehead atoms. The Morgan fingerprint density at radius 2 is 2.00 bits per heavy atom. The molecule has 3 heteroatoms. The molecular formula is C6H14OSSi. The summed E-state index contributed by atoms with van der Waals surface area (Å²) in [4.78, 5) is 0. The molecule has 0 unspecified atom stereocenters. The molecule has 54 valence electrons. The second-order valence-corrected chi connectivity index (χ2v) is 8.19. The third-order valence-corrected chi connectivity index (χ3v) is 1.90. The molecule has 0 aliphatic carbocycles. The van der Waals surface area contributed by atoms with Gasteiger partial charge in [0.2, 0.25) is 0 Å². The lowest BCUT2D eigenvalue weighted by molar-refractivity contribution is 0.454. The minimum Gasteiger partial charge on any atom is -0.397 e. The highest BCUT2D eigenvalue weighted by molar-refractivity contribution is 8.01. The van der Waals surface area contributed by atoms with Gasteiger partial charge in [-0.15, -0.1) is 11.8 Å². The number of hydrogen-bond acceptors (Lipinski definition) is 2. The molecule has 0 heterocycles. The summed E-state index contributed by atoms with van der Waals surface area (Å²) in [6, 6.07) is 0. The second-order valence-electron chi connectivity index (χ2n) is 2.73. The molecule has 2 radical (unpaired) electrons. The van der Waals surface area contributed by atoms with Gasteiger partial charge < -0.3 is 4.43 Å². The summed E-state index contributed by atoms with van der Waals surface area (Å²) in [5.74, 6) is 3.90. The van der Waals surface area contributed by atoms with Crippen LogP contribution < -0.4 is 0 Å². The lowest BCUT2D eigenvalue weighted by Crippen LogP contribution is -2.23. The summed E-state index contributed by atoms with van der Waals surface area (Å²) in [5, 5.41) is 0. The maximum Gasteiger partial charge on any atom is 0.187 e. The highest BCUT2D eigenvalue weighted by atomic mass is 32.2. The van der Waals surface area contributed by atoms with Crippen molar-refractivity contribution < 1.29 is 4.43 Å². The van der Waals surface area contributed by atoms with Crippen LogP contribution in [-0.4, -0.2) is 14.1 Å². The molecule has 0 rings (SSSR count). The van der Waals surface area contributed by atoms with Crippen molar-refractivity contribution in [3.63, 3.8) is 0 Å². The Labute approximate surface area is 63.3 Å². The van der Waals surface area contributed by atoms with Crippen LogP contribution in [0, 0.1) is 5.94 Å². The second kappa shape index (κ2) is 4.36. The average Bonchev–Trinajstić information content (AvgIpc) is 1.63. The third kappa shape index (κ3) is 8.53. The summed E-state index contributed by atoms with van der Waals surface area (Å²) in [6.07, 6.45) is 0. The summed E-state index contributed by atoms with van der Waals surface area (Å²) in [7, 11) is -1.33. The van der Waals surface area contributed by atoms with E-state index in [2.05, 4.69) is 32.5 Å². The maximum atomic E-state index is 5.32. The molecular weight excluding hydrogens is 148 g/mol. The molecule has 1 nitrogen and oxygen atoms in total. The summed E-state index contributed by atoms with van der Waals surface area (Å²) < 4.78 is 5.32. The van der Waals surface area contributed by atoms with Gasteiger partial charge >= 0.3 is 0 Å². The Kier molecular flexibility index (Phi) is 4.61. The minimum atomic E-state index is -1.33. The van der Waals surface area contributed by atoms with Crippen LogP contribution >= 0.6 is 11.8 Å². The Morgan fingerprint density at radius 1 is 1.44 bits per heavy atom. The fourth-order valence-corrected chi connectivity index (χ4v) is 1.57. The molecule has 0 aromatic rings. The SMILES string of the molecule is CCS[C]O[Si](C)(C)C. The lowest BCUT2D eigenvalue weighted by Gasteiger charge is -2.14. The smallest absolute Gasteiger partial charge is 0.187 e. The third-order valence-electron chi connectivity index (χ3n) is 0.551. The van der Waals surface area contributed by atoms with Gasteiger partial charge in [0.05, 0.1) is 0 Å². The highest BCUT2D eigenvalue weighted by Crippen LogP contribution is 2.12. The van der Waals surface area contributed by atoms with Gasteiger partial charge in [-0.05, 0) is 25.4 Å². The fourth-order valence-electron chi connectivity index (χ4n) is 0.213. The monoisotopic (exact) mass is 162 g/mol. The van der Waals surface area contributed by atoms with E-state index in [9.17, 15) is 0 Å². The van der Waals surface area contributed by atoms with E-state index in [0.29, 0.717) is 0 Å². The molecule has 0 fully saturated rings. The van der Waals surface area contributed by atoms with E-state index >= 15 is 0 Å². The zero-order chi connectivity index (χ0) is 7.33. The normalized spacial score (nSPS) is 12.0. The van der Waals surface area contributed by atoms with Crippen LogP contribution in [0.3, 0.4) is 0 Å². The molecule has 0 saturated carbocycles. The van der Waals surface area contributed by atoms with Gasteiger partial charge in [0.25, 0.3) is 0 Å². The van der Waals surface area contributed by atoms with E-state index in [4.69, 9.17) is 4.43 Å². The van der Waals surface area contributed by atoms with E-state index in [1.807, 2.05) is 0 Å². The van der Waals surface area contributed by atoms with E-state index in [-0.39, 0.29) is 0 Å². The zero-order valence-electron chi connectivity index (χ0n) is 6.52. The van der Waals surface area contributed by atoms with Crippen molar-refractivity contribution in [2.45, 2.75) is 26.6 Å². The molecule has 0 aromatic carbocycles. The van der Waals surface area contributed by atoms with Gasteiger partial charge in [-0.2, -0.15) is 0 Å². The van der Waals surface area contributed by atoms with Crippen molar-refractivity contribution >= 4 is 20.1 Å². The molecule has 0 aromatic heterocycles. The van der Waals surface area contributed by atoms with Crippen molar-refractivity contribution in [2.75, 3.05) is 5.75 Å². The Hall–Kier alpha value is 0.527. The van der Waals surface area contributed by atoms with Gasteiger partial charge in [0, 0.05) is 0 Å². The predicted octanol–water partition coefficient (Wildman–Crippen LogP) is 2.59. The van der Waals surface area contributed by atoms with Crippen LogP contribution in [0.25, 0.3) is 0 Å². The number of hydrogen-bond donors (Lipinski definition) is 0. The first-order chi connectivity index (χ1) is 4.06. The number of rotatable bonds is 4. The molecule has 0 saturated heterocycles. The Bertz CT molecular complexity index is 69.9. The Balaban J connectivity index is 3.07. The molecule has 0 spiro atoms. The van der Waals surface area contributed by atoms with Crippen LogP contribution in [-0.2, 0) is 4.43 Å². The van der Waals surface area contributed by atoms with Crippen molar-refractivity contribution in [3.05, 3.63) is 5.94 Å². The average molecular weight is 162 g/mol. The van der Waals surface area contributed by atoms with Gasteiger partial charge in [-0.3, -0.25) is 0 Å². The van der Waals surface area contributed by atoms with E-state index < -0.39 is 8.32 Å². The van der Waals surface area contributed by atoms with Crippen molar-refractivity contribution in [1.29, 1.82) is 0 Å². The van der Waals surface area contributed by atoms with Crippen LogP contribution in [0.15, 0.2) is 0 Å². The largest absolute Gasteiger partial charge is 0.397 e. The van der Waals surface area contributed by atoms with Crippen molar-refractivity contribution in [3.8, 4) is 0 Å². The fraction of sp³-hybridized carbons (Fsp3) is 0.833. The maximum absolute atomic E-state index is 5.32. The first kappa shape index (κ1) is 9.53. The molecule has 9 heavy (non-hydrogen) atoms. The van der Waals surface area contributed by atoms with Crippen LogP contribution in [0.5, 0.6) is 0 Å². The molecule has 0 aliphatic rings. The molecule has 0 amide bonds. The molecule has 0 N–H and O–H groups in total. The van der Waals surface area contributed by atoms with Crippen LogP contribution in [0.2, 0.25) is 19.6 Å².